The highest BCUT2D eigenvalue weighted by atomic mass is 14.7. The maximum absolute atomic E-state index is 6.26. The zero-order chi connectivity index (χ0) is 10.1. The molecule has 1 aromatic rings. The van der Waals surface area contributed by atoms with Crippen LogP contribution in [0.4, 0.5) is 0 Å². The minimum atomic E-state index is 0.241. The predicted molar refractivity (Wildman–Crippen MR) is 60.0 cm³/mol. The van der Waals surface area contributed by atoms with Crippen molar-refractivity contribution in [2.75, 3.05) is 0 Å². The second-order valence-electron chi connectivity index (χ2n) is 4.46. The van der Waals surface area contributed by atoms with Crippen molar-refractivity contribution in [2.45, 2.75) is 32.7 Å². The number of hydrogen-bond donors (Lipinski definition) is 1. The van der Waals surface area contributed by atoms with Gasteiger partial charge in [-0.25, -0.2) is 0 Å². The maximum Gasteiger partial charge on any atom is 0.0326 e. The van der Waals surface area contributed by atoms with Crippen LogP contribution in [-0.4, -0.2) is 0 Å². The van der Waals surface area contributed by atoms with Gasteiger partial charge in [0.15, 0.2) is 0 Å². The highest BCUT2D eigenvalue weighted by Gasteiger charge is 2.29. The third-order valence-corrected chi connectivity index (χ3v) is 3.73. The number of benzene rings is 1. The first-order valence-electron chi connectivity index (χ1n) is 5.57. The van der Waals surface area contributed by atoms with Gasteiger partial charge in [-0.1, -0.05) is 44.5 Å². The van der Waals surface area contributed by atoms with E-state index in [-0.39, 0.29) is 6.04 Å². The highest BCUT2D eigenvalue weighted by Crippen LogP contribution is 2.37. The lowest BCUT2D eigenvalue weighted by molar-refractivity contribution is 0.275. The second-order valence-corrected chi connectivity index (χ2v) is 4.46. The fraction of sp³-hybridized carbons (Fsp3) is 0.538. The van der Waals surface area contributed by atoms with E-state index in [0.717, 1.165) is 5.92 Å². The molecule has 0 spiro atoms. The average Bonchev–Trinajstić information content (AvgIpc) is 2.23. The molecule has 0 amide bonds. The molecule has 0 fully saturated rings. The van der Waals surface area contributed by atoms with Crippen LogP contribution < -0.4 is 5.73 Å². The molecule has 14 heavy (non-hydrogen) atoms. The van der Waals surface area contributed by atoms with Gasteiger partial charge in [-0.2, -0.15) is 0 Å². The summed E-state index contributed by atoms with van der Waals surface area (Å²) in [5, 5.41) is 0. The van der Waals surface area contributed by atoms with Crippen LogP contribution in [0.3, 0.4) is 0 Å². The number of nitrogens with two attached hydrogens (primary N) is 1. The Labute approximate surface area is 86.3 Å². The molecule has 1 aromatic carbocycles. The third-order valence-electron chi connectivity index (χ3n) is 3.73. The van der Waals surface area contributed by atoms with Crippen LogP contribution in [0, 0.1) is 11.8 Å². The monoisotopic (exact) mass is 189 g/mol. The van der Waals surface area contributed by atoms with E-state index in [4.69, 9.17) is 5.73 Å². The molecule has 2 N–H and O–H groups in total. The summed E-state index contributed by atoms with van der Waals surface area (Å²) in [6.45, 7) is 4.55. The molecule has 0 bridgehead atoms. The summed E-state index contributed by atoms with van der Waals surface area (Å²) in [6.07, 6.45) is 2.45. The van der Waals surface area contributed by atoms with Gasteiger partial charge < -0.3 is 5.73 Å². The summed E-state index contributed by atoms with van der Waals surface area (Å²) >= 11 is 0. The summed E-state index contributed by atoms with van der Waals surface area (Å²) in [5.74, 6) is 1.38. The molecule has 0 saturated heterocycles. The molecular weight excluding hydrogens is 170 g/mol. The fourth-order valence-electron chi connectivity index (χ4n) is 2.61. The van der Waals surface area contributed by atoms with Crippen LogP contribution >= 0.6 is 0 Å². The molecule has 0 saturated carbocycles. The van der Waals surface area contributed by atoms with Gasteiger partial charge in [-0.15, -0.1) is 0 Å². The lowest BCUT2D eigenvalue weighted by Crippen LogP contribution is -2.32. The SMILES string of the molecule is CCC1Cc2ccccc2C(N)C1C. The van der Waals surface area contributed by atoms with E-state index in [1.54, 1.807) is 0 Å². The highest BCUT2D eigenvalue weighted by molar-refractivity contribution is 5.33. The topological polar surface area (TPSA) is 26.0 Å². The van der Waals surface area contributed by atoms with E-state index < -0.39 is 0 Å². The van der Waals surface area contributed by atoms with Crippen LogP contribution in [-0.2, 0) is 6.42 Å². The Morgan fingerprint density at radius 1 is 1.36 bits per heavy atom. The Kier molecular flexibility index (Phi) is 2.60. The Bertz CT molecular complexity index is 319. The van der Waals surface area contributed by atoms with Gasteiger partial charge in [0.1, 0.15) is 0 Å². The molecule has 3 atom stereocenters. The molecular formula is C13H19N. The lowest BCUT2D eigenvalue weighted by atomic mass is 9.73. The molecule has 0 aliphatic heterocycles. The molecule has 1 aliphatic rings. The van der Waals surface area contributed by atoms with Gasteiger partial charge >= 0.3 is 0 Å². The lowest BCUT2D eigenvalue weighted by Gasteiger charge is -2.35. The Morgan fingerprint density at radius 2 is 2.07 bits per heavy atom. The second kappa shape index (κ2) is 3.74. The number of fused-ring (bicyclic) bond motifs is 1. The molecule has 0 heterocycles. The quantitative estimate of drug-likeness (QED) is 0.722. The van der Waals surface area contributed by atoms with E-state index in [0.29, 0.717) is 5.92 Å². The predicted octanol–water partition coefficient (Wildman–Crippen LogP) is 2.90. The summed E-state index contributed by atoms with van der Waals surface area (Å²) in [5.41, 5.74) is 9.08. The van der Waals surface area contributed by atoms with Crippen molar-refractivity contribution in [1.82, 2.24) is 0 Å². The molecule has 76 valence electrons. The van der Waals surface area contributed by atoms with Crippen molar-refractivity contribution in [3.05, 3.63) is 35.4 Å². The van der Waals surface area contributed by atoms with Crippen molar-refractivity contribution < 1.29 is 0 Å². The number of rotatable bonds is 1. The first-order chi connectivity index (χ1) is 6.74. The summed E-state index contributed by atoms with van der Waals surface area (Å²) in [6, 6.07) is 8.86. The van der Waals surface area contributed by atoms with Crippen LogP contribution in [0.25, 0.3) is 0 Å². The van der Waals surface area contributed by atoms with E-state index in [1.807, 2.05) is 0 Å². The van der Waals surface area contributed by atoms with E-state index >= 15 is 0 Å². The van der Waals surface area contributed by atoms with Gasteiger partial charge in [0.2, 0.25) is 0 Å². The zero-order valence-electron chi connectivity index (χ0n) is 9.03. The van der Waals surface area contributed by atoms with Gasteiger partial charge in [0, 0.05) is 6.04 Å². The third kappa shape index (κ3) is 1.46. The van der Waals surface area contributed by atoms with Crippen LogP contribution in [0.2, 0.25) is 0 Å². The molecule has 2 rings (SSSR count). The fourth-order valence-corrected chi connectivity index (χ4v) is 2.61. The van der Waals surface area contributed by atoms with Crippen LogP contribution in [0.5, 0.6) is 0 Å². The van der Waals surface area contributed by atoms with Gasteiger partial charge in [0.05, 0.1) is 0 Å². The van der Waals surface area contributed by atoms with Crippen molar-refractivity contribution in [3.8, 4) is 0 Å². The Morgan fingerprint density at radius 3 is 2.79 bits per heavy atom. The van der Waals surface area contributed by atoms with Gasteiger partial charge in [-0.05, 0) is 29.4 Å². The van der Waals surface area contributed by atoms with Crippen LogP contribution in [0.1, 0.15) is 37.4 Å². The van der Waals surface area contributed by atoms with E-state index in [9.17, 15) is 0 Å². The molecule has 3 unspecified atom stereocenters. The molecule has 0 aromatic heterocycles. The minimum Gasteiger partial charge on any atom is -0.324 e. The largest absolute Gasteiger partial charge is 0.324 e. The molecule has 1 nitrogen and oxygen atoms in total. The maximum atomic E-state index is 6.26. The zero-order valence-corrected chi connectivity index (χ0v) is 9.03. The first-order valence-corrected chi connectivity index (χ1v) is 5.57. The summed E-state index contributed by atoms with van der Waals surface area (Å²) in [4.78, 5) is 0. The molecule has 1 heteroatoms. The first kappa shape index (κ1) is 9.72. The summed E-state index contributed by atoms with van der Waals surface area (Å²) in [7, 11) is 0. The van der Waals surface area contributed by atoms with Crippen molar-refractivity contribution in [3.63, 3.8) is 0 Å². The molecule has 1 aliphatic carbocycles. The molecule has 0 radical (unpaired) electrons. The van der Waals surface area contributed by atoms with E-state index in [2.05, 4.69) is 38.1 Å². The van der Waals surface area contributed by atoms with Gasteiger partial charge in [0.25, 0.3) is 0 Å². The van der Waals surface area contributed by atoms with Crippen molar-refractivity contribution >= 4 is 0 Å². The van der Waals surface area contributed by atoms with Crippen LogP contribution in [0.15, 0.2) is 24.3 Å². The Balaban J connectivity index is 2.37. The van der Waals surface area contributed by atoms with E-state index in [1.165, 1.54) is 24.0 Å². The Hall–Kier alpha value is -0.820. The minimum absolute atomic E-state index is 0.241. The van der Waals surface area contributed by atoms with Crippen molar-refractivity contribution in [2.24, 2.45) is 17.6 Å². The average molecular weight is 189 g/mol. The standard InChI is InChI=1S/C13H19N/c1-3-10-8-11-6-4-5-7-12(11)13(14)9(10)2/h4-7,9-10,13H,3,8,14H2,1-2H3. The van der Waals surface area contributed by atoms with Crippen molar-refractivity contribution in [1.29, 1.82) is 0 Å². The van der Waals surface area contributed by atoms with Gasteiger partial charge in [-0.3, -0.25) is 0 Å². The smallest absolute Gasteiger partial charge is 0.0326 e. The summed E-state index contributed by atoms with van der Waals surface area (Å²) < 4.78 is 0. The normalized spacial score (nSPS) is 31.2. The number of hydrogen-bond acceptors (Lipinski definition) is 1.